The number of aliphatic carboxylic acids is 1. The zero-order valence-corrected chi connectivity index (χ0v) is 11.1. The SMILES string of the molecule is CC(C)/C(=C\CCCC(=O)O)c1ccc(F)c(F)c1. The first-order valence-corrected chi connectivity index (χ1v) is 6.29. The van der Waals surface area contributed by atoms with Crippen LogP contribution in [0.4, 0.5) is 8.78 Å². The van der Waals surface area contributed by atoms with Crippen LogP contribution < -0.4 is 0 Å². The second kappa shape index (κ2) is 7.02. The number of carbonyl (C=O) groups is 1. The minimum Gasteiger partial charge on any atom is -0.481 e. The van der Waals surface area contributed by atoms with Crippen LogP contribution in [0.25, 0.3) is 5.57 Å². The minimum absolute atomic E-state index is 0.111. The number of halogens is 2. The van der Waals surface area contributed by atoms with E-state index in [4.69, 9.17) is 5.11 Å². The fourth-order valence-corrected chi connectivity index (χ4v) is 1.87. The normalized spacial score (nSPS) is 11.9. The molecule has 104 valence electrons. The summed E-state index contributed by atoms with van der Waals surface area (Å²) in [6, 6.07) is 3.83. The molecule has 0 amide bonds. The molecule has 0 aliphatic carbocycles. The summed E-state index contributed by atoms with van der Waals surface area (Å²) in [5.74, 6) is -2.39. The molecule has 19 heavy (non-hydrogen) atoms. The molecule has 1 aromatic rings. The lowest BCUT2D eigenvalue weighted by Crippen LogP contribution is -1.97. The van der Waals surface area contributed by atoms with Gasteiger partial charge in [0.15, 0.2) is 11.6 Å². The van der Waals surface area contributed by atoms with Crippen LogP contribution in [0, 0.1) is 17.6 Å². The van der Waals surface area contributed by atoms with Crippen molar-refractivity contribution in [2.24, 2.45) is 5.92 Å². The molecule has 4 heteroatoms. The van der Waals surface area contributed by atoms with Gasteiger partial charge in [-0.25, -0.2) is 8.78 Å². The third kappa shape index (κ3) is 4.81. The van der Waals surface area contributed by atoms with Crippen LogP contribution in [0.3, 0.4) is 0 Å². The van der Waals surface area contributed by atoms with E-state index in [1.165, 1.54) is 6.07 Å². The molecule has 0 radical (unpaired) electrons. The number of rotatable bonds is 6. The van der Waals surface area contributed by atoms with Gasteiger partial charge in [-0.1, -0.05) is 26.0 Å². The van der Waals surface area contributed by atoms with Crippen LogP contribution >= 0.6 is 0 Å². The van der Waals surface area contributed by atoms with Gasteiger partial charge in [0.25, 0.3) is 0 Å². The minimum atomic E-state index is -0.866. The van der Waals surface area contributed by atoms with Crippen LogP contribution in [0.15, 0.2) is 24.3 Å². The Kier molecular flexibility index (Phi) is 5.67. The number of hydrogen-bond donors (Lipinski definition) is 1. The highest BCUT2D eigenvalue weighted by molar-refractivity contribution is 5.68. The van der Waals surface area contributed by atoms with Gasteiger partial charge in [0.1, 0.15) is 0 Å². The monoisotopic (exact) mass is 268 g/mol. The lowest BCUT2D eigenvalue weighted by atomic mass is 9.93. The molecule has 0 fully saturated rings. The summed E-state index contributed by atoms with van der Waals surface area (Å²) in [6.45, 7) is 3.93. The number of hydrogen-bond acceptors (Lipinski definition) is 1. The summed E-state index contributed by atoms with van der Waals surface area (Å²) in [6.07, 6.45) is 3.16. The van der Waals surface area contributed by atoms with Crippen molar-refractivity contribution in [2.45, 2.75) is 33.1 Å². The molecule has 0 aromatic heterocycles. The fourth-order valence-electron chi connectivity index (χ4n) is 1.87. The molecule has 2 nitrogen and oxygen atoms in total. The van der Waals surface area contributed by atoms with Gasteiger partial charge >= 0.3 is 5.97 Å². The predicted octanol–water partition coefficient (Wildman–Crippen LogP) is 4.26. The predicted molar refractivity (Wildman–Crippen MR) is 70.7 cm³/mol. The van der Waals surface area contributed by atoms with Crippen molar-refractivity contribution >= 4 is 11.5 Å². The first-order chi connectivity index (χ1) is 8.91. The van der Waals surface area contributed by atoms with E-state index in [1.54, 1.807) is 6.07 Å². The Morgan fingerprint density at radius 2 is 2.00 bits per heavy atom. The third-order valence-electron chi connectivity index (χ3n) is 2.83. The Morgan fingerprint density at radius 3 is 2.53 bits per heavy atom. The van der Waals surface area contributed by atoms with Gasteiger partial charge in [0.05, 0.1) is 0 Å². The second-order valence-corrected chi connectivity index (χ2v) is 4.73. The first-order valence-electron chi connectivity index (χ1n) is 6.29. The van der Waals surface area contributed by atoms with Crippen LogP contribution in [0.5, 0.6) is 0 Å². The number of carboxylic acids is 1. The number of carboxylic acid groups (broad SMARTS) is 1. The molecule has 0 aliphatic rings. The highest BCUT2D eigenvalue weighted by Gasteiger charge is 2.09. The largest absolute Gasteiger partial charge is 0.481 e. The third-order valence-corrected chi connectivity index (χ3v) is 2.83. The molecule has 0 aliphatic heterocycles. The quantitative estimate of drug-likeness (QED) is 0.783. The van der Waals surface area contributed by atoms with Gasteiger partial charge in [-0.15, -0.1) is 0 Å². The lowest BCUT2D eigenvalue weighted by Gasteiger charge is -2.12. The Hall–Kier alpha value is -1.71. The van der Waals surface area contributed by atoms with Gasteiger partial charge in [0.2, 0.25) is 0 Å². The molecule has 0 spiro atoms. The lowest BCUT2D eigenvalue weighted by molar-refractivity contribution is -0.137. The van der Waals surface area contributed by atoms with Gasteiger partial charge in [0, 0.05) is 6.42 Å². The van der Waals surface area contributed by atoms with Crippen molar-refractivity contribution in [1.82, 2.24) is 0 Å². The summed E-state index contributed by atoms with van der Waals surface area (Å²) in [5.41, 5.74) is 1.55. The zero-order chi connectivity index (χ0) is 14.4. The van der Waals surface area contributed by atoms with E-state index in [-0.39, 0.29) is 12.3 Å². The smallest absolute Gasteiger partial charge is 0.303 e. The van der Waals surface area contributed by atoms with Gasteiger partial charge in [-0.05, 0) is 42.0 Å². The number of benzene rings is 1. The van der Waals surface area contributed by atoms with Crippen LogP contribution in [0.1, 0.15) is 38.7 Å². The maximum atomic E-state index is 13.2. The highest BCUT2D eigenvalue weighted by Crippen LogP contribution is 2.25. The molecular weight excluding hydrogens is 250 g/mol. The van der Waals surface area contributed by atoms with Crippen LogP contribution in [0.2, 0.25) is 0 Å². The van der Waals surface area contributed by atoms with E-state index in [0.29, 0.717) is 18.4 Å². The molecule has 0 heterocycles. The molecule has 0 atom stereocenters. The van der Waals surface area contributed by atoms with Crippen LogP contribution in [-0.2, 0) is 4.79 Å². The summed E-state index contributed by atoms with van der Waals surface area (Å²) in [4.78, 5) is 10.4. The summed E-state index contributed by atoms with van der Waals surface area (Å²) >= 11 is 0. The van der Waals surface area contributed by atoms with Crippen molar-refractivity contribution in [1.29, 1.82) is 0 Å². The molecule has 0 saturated carbocycles. The van der Waals surface area contributed by atoms with Crippen molar-refractivity contribution in [3.05, 3.63) is 41.5 Å². The van der Waals surface area contributed by atoms with Gasteiger partial charge < -0.3 is 5.11 Å². The summed E-state index contributed by atoms with van der Waals surface area (Å²) < 4.78 is 26.1. The molecular formula is C15H18F2O2. The summed E-state index contributed by atoms with van der Waals surface area (Å²) in [7, 11) is 0. The Balaban J connectivity index is 2.84. The van der Waals surface area contributed by atoms with E-state index in [0.717, 1.165) is 11.6 Å². The molecule has 1 aromatic carbocycles. The van der Waals surface area contributed by atoms with E-state index < -0.39 is 17.6 Å². The van der Waals surface area contributed by atoms with E-state index in [9.17, 15) is 13.6 Å². The van der Waals surface area contributed by atoms with Crippen LogP contribution in [-0.4, -0.2) is 11.1 Å². The van der Waals surface area contributed by atoms with Crippen molar-refractivity contribution in [3.8, 4) is 0 Å². The van der Waals surface area contributed by atoms with E-state index >= 15 is 0 Å². The second-order valence-electron chi connectivity index (χ2n) is 4.73. The molecule has 1 N–H and O–H groups in total. The first kappa shape index (κ1) is 15.3. The molecule has 0 bridgehead atoms. The van der Waals surface area contributed by atoms with Crippen molar-refractivity contribution in [2.75, 3.05) is 0 Å². The van der Waals surface area contributed by atoms with Gasteiger partial charge in [-0.2, -0.15) is 0 Å². The average molecular weight is 268 g/mol. The molecule has 1 rings (SSSR count). The zero-order valence-electron chi connectivity index (χ0n) is 11.1. The standard InChI is InChI=1S/C15H18F2O2/c1-10(2)12(5-3-4-6-15(18)19)11-7-8-13(16)14(17)9-11/h5,7-10H,3-4,6H2,1-2H3,(H,18,19)/b12-5+. The van der Waals surface area contributed by atoms with Gasteiger partial charge in [-0.3, -0.25) is 4.79 Å². The van der Waals surface area contributed by atoms with Crippen molar-refractivity contribution < 1.29 is 18.7 Å². The average Bonchev–Trinajstić information content (AvgIpc) is 2.32. The molecule has 0 unspecified atom stereocenters. The van der Waals surface area contributed by atoms with Crippen molar-refractivity contribution in [3.63, 3.8) is 0 Å². The number of unbranched alkanes of at least 4 members (excludes halogenated alkanes) is 1. The summed E-state index contributed by atoms with van der Waals surface area (Å²) in [5, 5.41) is 8.56. The fraction of sp³-hybridized carbons (Fsp3) is 0.400. The Bertz CT molecular complexity index is 479. The maximum Gasteiger partial charge on any atom is 0.303 e. The molecule has 0 saturated heterocycles. The highest BCUT2D eigenvalue weighted by atomic mass is 19.2. The Morgan fingerprint density at radius 1 is 1.32 bits per heavy atom. The van der Waals surface area contributed by atoms with E-state index in [1.807, 2.05) is 19.9 Å². The Labute approximate surface area is 111 Å². The van der Waals surface area contributed by atoms with E-state index in [2.05, 4.69) is 0 Å². The number of allylic oxidation sites excluding steroid dienone is 2. The topological polar surface area (TPSA) is 37.3 Å². The maximum absolute atomic E-state index is 13.2.